The number of ether oxygens (including phenoxy) is 1. The van der Waals surface area contributed by atoms with Crippen LogP contribution in [0.15, 0.2) is 60.0 Å². The summed E-state index contributed by atoms with van der Waals surface area (Å²) in [6.45, 7) is 7.76. The standard InChI is InChI=1S/C35H40ClN5O3S2/c1-46(42,43)40-18-14-34-32(26-40)35(38-41(34)17-3-16-39-19-21-44-22-20-39)30-11-12-33(36)29(24-30)10-9-27-5-7-28(8-6-27)25-37-15-13-31-4-2-23-45-31/h2,4-8,11-12,23-24,37H,3,13-22,25-26H2,1H3. The topological polar surface area (TPSA) is 79.7 Å². The minimum absolute atomic E-state index is 0.311. The fourth-order valence-electron chi connectivity index (χ4n) is 5.95. The molecule has 1 N–H and O–H groups in total. The molecule has 0 bridgehead atoms. The predicted octanol–water partition coefficient (Wildman–Crippen LogP) is 5.04. The lowest BCUT2D eigenvalue weighted by Crippen LogP contribution is -2.37. The number of hydrogen-bond donors (Lipinski definition) is 1. The summed E-state index contributed by atoms with van der Waals surface area (Å²) >= 11 is 8.41. The quantitative estimate of drug-likeness (QED) is 0.177. The van der Waals surface area contributed by atoms with Gasteiger partial charge in [0.15, 0.2) is 0 Å². The minimum atomic E-state index is -3.33. The smallest absolute Gasteiger partial charge is 0.211 e. The molecule has 0 unspecified atom stereocenters. The van der Waals surface area contributed by atoms with Crippen molar-refractivity contribution in [1.82, 2.24) is 24.3 Å². The highest BCUT2D eigenvalue weighted by molar-refractivity contribution is 7.88. The highest BCUT2D eigenvalue weighted by Crippen LogP contribution is 2.33. The number of nitrogens with one attached hydrogen (secondary N) is 1. The molecule has 2 aromatic carbocycles. The lowest BCUT2D eigenvalue weighted by Gasteiger charge is -2.27. The van der Waals surface area contributed by atoms with E-state index in [2.05, 4.69) is 56.4 Å². The molecule has 0 atom stereocenters. The van der Waals surface area contributed by atoms with E-state index in [-0.39, 0.29) is 0 Å². The summed E-state index contributed by atoms with van der Waals surface area (Å²) in [7, 11) is -3.33. The molecule has 11 heteroatoms. The Hall–Kier alpha value is -3.01. The lowest BCUT2D eigenvalue weighted by atomic mass is 10.0. The number of thiophene rings is 1. The number of sulfonamides is 1. The molecule has 242 valence electrons. The Balaban J connectivity index is 1.17. The molecule has 0 spiro atoms. The monoisotopic (exact) mass is 677 g/mol. The van der Waals surface area contributed by atoms with Gasteiger partial charge in [-0.1, -0.05) is 47.7 Å². The molecule has 2 aliphatic rings. The van der Waals surface area contributed by atoms with E-state index in [0.717, 1.165) is 93.4 Å². The molecule has 1 saturated heterocycles. The van der Waals surface area contributed by atoms with Crippen LogP contribution in [0.2, 0.25) is 5.02 Å². The molecule has 1 fully saturated rings. The van der Waals surface area contributed by atoms with Crippen LogP contribution in [0, 0.1) is 11.8 Å². The highest BCUT2D eigenvalue weighted by atomic mass is 35.5. The van der Waals surface area contributed by atoms with E-state index in [0.29, 0.717) is 30.1 Å². The van der Waals surface area contributed by atoms with Gasteiger partial charge < -0.3 is 10.1 Å². The van der Waals surface area contributed by atoms with Crippen molar-refractivity contribution in [3.05, 3.63) is 97.8 Å². The Kier molecular flexibility index (Phi) is 10.9. The molecule has 2 aliphatic heterocycles. The van der Waals surface area contributed by atoms with Gasteiger partial charge >= 0.3 is 0 Å². The van der Waals surface area contributed by atoms with Gasteiger partial charge in [0.05, 0.1) is 30.2 Å². The van der Waals surface area contributed by atoms with Crippen LogP contribution in [0.3, 0.4) is 0 Å². The molecule has 6 rings (SSSR count). The van der Waals surface area contributed by atoms with Gasteiger partial charge in [-0.25, -0.2) is 8.42 Å². The predicted molar refractivity (Wildman–Crippen MR) is 186 cm³/mol. The maximum Gasteiger partial charge on any atom is 0.211 e. The zero-order chi connectivity index (χ0) is 31.9. The van der Waals surface area contributed by atoms with Crippen molar-refractivity contribution in [2.45, 2.75) is 38.9 Å². The number of aryl methyl sites for hydroxylation is 1. The summed E-state index contributed by atoms with van der Waals surface area (Å²) in [4.78, 5) is 3.82. The molecule has 46 heavy (non-hydrogen) atoms. The third kappa shape index (κ3) is 8.47. The van der Waals surface area contributed by atoms with Crippen LogP contribution in [0.1, 0.15) is 39.2 Å². The number of benzene rings is 2. The molecule has 0 saturated carbocycles. The van der Waals surface area contributed by atoms with E-state index in [9.17, 15) is 8.42 Å². The van der Waals surface area contributed by atoms with E-state index in [1.54, 1.807) is 11.3 Å². The zero-order valence-electron chi connectivity index (χ0n) is 26.2. The van der Waals surface area contributed by atoms with Crippen LogP contribution >= 0.6 is 22.9 Å². The lowest BCUT2D eigenvalue weighted by molar-refractivity contribution is 0.0368. The second-order valence-corrected chi connectivity index (χ2v) is 15.2. The number of rotatable bonds is 11. The SMILES string of the molecule is CS(=O)(=O)N1CCc2c(c(-c3ccc(Cl)c(C#Cc4ccc(CNCCc5cccs5)cc4)c3)nn2CCCN2CCOCC2)C1. The first-order valence-electron chi connectivity index (χ1n) is 15.8. The van der Waals surface area contributed by atoms with Crippen molar-refractivity contribution < 1.29 is 13.2 Å². The summed E-state index contributed by atoms with van der Waals surface area (Å²) in [6, 6.07) is 18.3. The molecule has 0 aliphatic carbocycles. The number of aromatic nitrogens is 2. The Bertz CT molecular complexity index is 1790. The van der Waals surface area contributed by atoms with E-state index in [4.69, 9.17) is 21.4 Å². The first-order valence-corrected chi connectivity index (χ1v) is 18.9. The molecule has 4 aromatic rings. The van der Waals surface area contributed by atoms with Gasteiger partial charge in [-0.3, -0.25) is 9.58 Å². The number of hydrogen-bond acceptors (Lipinski definition) is 7. The number of nitrogens with zero attached hydrogens (tertiary/aromatic N) is 4. The van der Waals surface area contributed by atoms with Gasteiger partial charge in [-0.15, -0.1) is 11.3 Å². The molecule has 0 amide bonds. The third-order valence-corrected chi connectivity index (χ3v) is 11.0. The Morgan fingerprint density at radius 1 is 1.04 bits per heavy atom. The number of halogens is 1. The van der Waals surface area contributed by atoms with Crippen LogP contribution in [0.25, 0.3) is 11.3 Å². The largest absolute Gasteiger partial charge is 0.379 e. The first-order chi connectivity index (χ1) is 22.3. The molecule has 2 aromatic heterocycles. The van der Waals surface area contributed by atoms with Crippen LogP contribution in [0.5, 0.6) is 0 Å². The van der Waals surface area contributed by atoms with Crippen molar-refractivity contribution in [3.63, 3.8) is 0 Å². The summed E-state index contributed by atoms with van der Waals surface area (Å²) in [5.74, 6) is 6.53. The van der Waals surface area contributed by atoms with Crippen LogP contribution < -0.4 is 5.32 Å². The highest BCUT2D eigenvalue weighted by Gasteiger charge is 2.30. The summed E-state index contributed by atoms with van der Waals surface area (Å²) in [5.41, 5.74) is 6.59. The number of fused-ring (bicyclic) bond motifs is 1. The maximum absolute atomic E-state index is 12.5. The van der Waals surface area contributed by atoms with Gasteiger partial charge in [0.2, 0.25) is 10.0 Å². The van der Waals surface area contributed by atoms with Crippen molar-refractivity contribution >= 4 is 33.0 Å². The number of morpholine rings is 1. The van der Waals surface area contributed by atoms with Crippen LogP contribution in [-0.2, 0) is 47.2 Å². The maximum atomic E-state index is 12.5. The van der Waals surface area contributed by atoms with Gasteiger partial charge in [-0.05, 0) is 54.1 Å². The fraction of sp³-hybridized carbons (Fsp3) is 0.400. The summed E-state index contributed by atoms with van der Waals surface area (Å²) in [6.07, 6.45) is 3.91. The Labute approximate surface area is 281 Å². The molecular weight excluding hydrogens is 638 g/mol. The van der Waals surface area contributed by atoms with E-state index in [1.807, 2.05) is 30.3 Å². The molecule has 0 radical (unpaired) electrons. The fourth-order valence-corrected chi connectivity index (χ4v) is 7.61. The summed E-state index contributed by atoms with van der Waals surface area (Å²) < 4.78 is 34.1. The van der Waals surface area contributed by atoms with Gasteiger partial charge in [0.1, 0.15) is 0 Å². The normalized spacial score (nSPS) is 15.8. The van der Waals surface area contributed by atoms with Crippen molar-refractivity contribution in [1.29, 1.82) is 0 Å². The van der Waals surface area contributed by atoms with Crippen LogP contribution in [-0.4, -0.2) is 79.6 Å². The van der Waals surface area contributed by atoms with Gasteiger partial charge in [0, 0.05) is 91.6 Å². The Morgan fingerprint density at radius 3 is 2.63 bits per heavy atom. The summed E-state index contributed by atoms with van der Waals surface area (Å²) in [5, 5.41) is 11.3. The molecule has 4 heterocycles. The minimum Gasteiger partial charge on any atom is -0.379 e. The van der Waals surface area contributed by atoms with Crippen molar-refractivity contribution in [3.8, 4) is 23.1 Å². The average Bonchev–Trinajstić information content (AvgIpc) is 3.71. The van der Waals surface area contributed by atoms with Crippen molar-refractivity contribution in [2.24, 2.45) is 0 Å². The van der Waals surface area contributed by atoms with E-state index < -0.39 is 10.0 Å². The second kappa shape index (κ2) is 15.3. The third-order valence-electron chi connectivity index (χ3n) is 8.51. The van der Waals surface area contributed by atoms with Gasteiger partial charge in [0.25, 0.3) is 0 Å². The molecule has 8 nitrogen and oxygen atoms in total. The van der Waals surface area contributed by atoms with Gasteiger partial charge in [-0.2, -0.15) is 9.40 Å². The van der Waals surface area contributed by atoms with E-state index in [1.165, 1.54) is 21.0 Å². The Morgan fingerprint density at radius 2 is 1.87 bits per heavy atom. The second-order valence-electron chi connectivity index (χ2n) is 11.8. The zero-order valence-corrected chi connectivity index (χ0v) is 28.6. The molecular formula is C35H40ClN5O3S2. The average molecular weight is 678 g/mol. The van der Waals surface area contributed by atoms with Crippen LogP contribution in [0.4, 0.5) is 0 Å². The van der Waals surface area contributed by atoms with Crippen molar-refractivity contribution in [2.75, 3.05) is 52.2 Å². The first kappa shape index (κ1) is 32.9. The van der Waals surface area contributed by atoms with E-state index >= 15 is 0 Å².